The van der Waals surface area contributed by atoms with E-state index >= 15 is 0 Å². The first-order chi connectivity index (χ1) is 7.93. The smallest absolute Gasteiger partial charge is 0.313 e. The average Bonchev–Trinajstić information content (AvgIpc) is 2.26. The Morgan fingerprint density at radius 1 is 1.24 bits per heavy atom. The van der Waals surface area contributed by atoms with Crippen LogP contribution in [0, 0.1) is 0 Å². The summed E-state index contributed by atoms with van der Waals surface area (Å²) >= 11 is 0. The van der Waals surface area contributed by atoms with Gasteiger partial charge in [0.15, 0.2) is 0 Å². The molecule has 0 bridgehead atoms. The van der Waals surface area contributed by atoms with Crippen molar-refractivity contribution in [1.82, 2.24) is 5.32 Å². The monoisotopic (exact) mass is 243 g/mol. The Hall–Kier alpha value is -1.29. The second-order valence-electron chi connectivity index (χ2n) is 3.89. The molecule has 1 aromatic carbocycles. The van der Waals surface area contributed by atoms with Gasteiger partial charge in [0.25, 0.3) is 0 Å². The summed E-state index contributed by atoms with van der Waals surface area (Å²) in [6.07, 6.45) is -2.39. The Balaban J connectivity index is 2.75. The van der Waals surface area contributed by atoms with Gasteiger partial charge in [-0.2, -0.15) is 13.2 Å². The van der Waals surface area contributed by atoms with E-state index in [2.05, 4.69) is 5.32 Å². The lowest BCUT2D eigenvalue weighted by Gasteiger charge is -2.07. The summed E-state index contributed by atoms with van der Waals surface area (Å²) in [7, 11) is 0. The predicted octanol–water partition coefficient (Wildman–Crippen LogP) is 3.72. The van der Waals surface area contributed by atoms with Gasteiger partial charge in [0.1, 0.15) is 0 Å². The van der Waals surface area contributed by atoms with Crippen LogP contribution in [0.1, 0.15) is 25.0 Å². The fourth-order valence-corrected chi connectivity index (χ4v) is 1.43. The van der Waals surface area contributed by atoms with Crippen molar-refractivity contribution in [2.24, 2.45) is 0 Å². The van der Waals surface area contributed by atoms with E-state index in [0.29, 0.717) is 0 Å². The molecule has 0 unspecified atom stereocenters. The standard InChI is InChI=1S/C13H16F3N/c1-3-17-9-10(2)8-11-4-6-12(7-5-11)13(14,15)16/h4-8,17H,3,9H2,1-2H3. The Morgan fingerprint density at radius 2 is 1.82 bits per heavy atom. The Kier molecular flexibility index (Phi) is 4.75. The molecule has 17 heavy (non-hydrogen) atoms. The first kappa shape index (κ1) is 13.8. The number of hydrogen-bond acceptors (Lipinski definition) is 1. The highest BCUT2D eigenvalue weighted by atomic mass is 19.4. The van der Waals surface area contributed by atoms with E-state index in [9.17, 15) is 13.2 Å². The lowest BCUT2D eigenvalue weighted by atomic mass is 10.1. The molecule has 0 aliphatic carbocycles. The minimum atomic E-state index is -4.26. The Morgan fingerprint density at radius 3 is 2.29 bits per heavy atom. The van der Waals surface area contributed by atoms with Gasteiger partial charge in [0.2, 0.25) is 0 Å². The highest BCUT2D eigenvalue weighted by Crippen LogP contribution is 2.29. The number of likely N-dealkylation sites (N-methyl/N-ethyl adjacent to an activating group) is 1. The molecule has 1 rings (SSSR count). The molecule has 0 aromatic heterocycles. The first-order valence-electron chi connectivity index (χ1n) is 5.48. The van der Waals surface area contributed by atoms with Gasteiger partial charge in [0, 0.05) is 6.54 Å². The van der Waals surface area contributed by atoms with E-state index < -0.39 is 11.7 Å². The molecule has 1 N–H and O–H groups in total. The topological polar surface area (TPSA) is 12.0 Å². The maximum atomic E-state index is 12.3. The van der Waals surface area contributed by atoms with E-state index in [0.717, 1.165) is 36.4 Å². The van der Waals surface area contributed by atoms with Crippen LogP contribution in [0.5, 0.6) is 0 Å². The molecule has 0 saturated heterocycles. The summed E-state index contributed by atoms with van der Waals surface area (Å²) in [4.78, 5) is 0. The Labute approximate surface area is 99.3 Å². The lowest BCUT2D eigenvalue weighted by molar-refractivity contribution is -0.137. The molecule has 0 aliphatic heterocycles. The maximum absolute atomic E-state index is 12.3. The zero-order chi connectivity index (χ0) is 12.9. The third-order valence-corrected chi connectivity index (χ3v) is 2.30. The van der Waals surface area contributed by atoms with Gasteiger partial charge in [-0.1, -0.05) is 30.7 Å². The third kappa shape index (κ3) is 4.61. The number of hydrogen-bond donors (Lipinski definition) is 1. The lowest BCUT2D eigenvalue weighted by Crippen LogP contribution is -2.14. The van der Waals surface area contributed by atoms with Crippen LogP contribution in [0.15, 0.2) is 29.8 Å². The molecule has 0 saturated carbocycles. The SMILES string of the molecule is CCNCC(C)=Cc1ccc(C(F)(F)F)cc1. The van der Waals surface area contributed by atoms with Crippen molar-refractivity contribution in [2.45, 2.75) is 20.0 Å². The van der Waals surface area contributed by atoms with Crippen LogP contribution in [-0.2, 0) is 6.18 Å². The van der Waals surface area contributed by atoms with Gasteiger partial charge < -0.3 is 5.32 Å². The van der Waals surface area contributed by atoms with Crippen molar-refractivity contribution < 1.29 is 13.2 Å². The molecule has 0 heterocycles. The minimum Gasteiger partial charge on any atom is -0.313 e. The van der Waals surface area contributed by atoms with Crippen LogP contribution in [-0.4, -0.2) is 13.1 Å². The van der Waals surface area contributed by atoms with Gasteiger partial charge in [0.05, 0.1) is 5.56 Å². The molecular formula is C13H16F3N. The fourth-order valence-electron chi connectivity index (χ4n) is 1.43. The molecule has 0 radical (unpaired) electrons. The largest absolute Gasteiger partial charge is 0.416 e. The number of alkyl halides is 3. The van der Waals surface area contributed by atoms with Crippen LogP contribution in [0.2, 0.25) is 0 Å². The minimum absolute atomic E-state index is 0.612. The van der Waals surface area contributed by atoms with Gasteiger partial charge >= 0.3 is 6.18 Å². The van der Waals surface area contributed by atoms with E-state index in [1.807, 2.05) is 19.9 Å². The van der Waals surface area contributed by atoms with Crippen LogP contribution in [0.3, 0.4) is 0 Å². The quantitative estimate of drug-likeness (QED) is 0.849. The third-order valence-electron chi connectivity index (χ3n) is 2.30. The number of halogens is 3. The number of nitrogens with one attached hydrogen (secondary N) is 1. The first-order valence-corrected chi connectivity index (χ1v) is 5.48. The normalized spacial score (nSPS) is 12.9. The van der Waals surface area contributed by atoms with E-state index in [4.69, 9.17) is 0 Å². The van der Waals surface area contributed by atoms with Gasteiger partial charge in [-0.05, 0) is 31.2 Å². The second kappa shape index (κ2) is 5.87. The average molecular weight is 243 g/mol. The van der Waals surface area contributed by atoms with Crippen LogP contribution >= 0.6 is 0 Å². The summed E-state index contributed by atoms with van der Waals surface area (Å²) in [5, 5.41) is 3.16. The summed E-state index contributed by atoms with van der Waals surface area (Å²) in [5.41, 5.74) is 1.26. The van der Waals surface area contributed by atoms with Crippen molar-refractivity contribution in [3.8, 4) is 0 Å². The van der Waals surface area contributed by atoms with Crippen molar-refractivity contribution in [2.75, 3.05) is 13.1 Å². The highest BCUT2D eigenvalue weighted by Gasteiger charge is 2.29. The molecular weight excluding hydrogens is 227 g/mol. The molecule has 1 nitrogen and oxygen atoms in total. The molecule has 94 valence electrons. The van der Waals surface area contributed by atoms with Crippen molar-refractivity contribution in [3.63, 3.8) is 0 Å². The molecule has 0 spiro atoms. The second-order valence-corrected chi connectivity index (χ2v) is 3.89. The van der Waals surface area contributed by atoms with E-state index in [1.54, 1.807) is 0 Å². The molecule has 0 atom stereocenters. The van der Waals surface area contributed by atoms with Crippen molar-refractivity contribution in [3.05, 3.63) is 41.0 Å². The molecule has 1 aromatic rings. The number of benzene rings is 1. The van der Waals surface area contributed by atoms with Crippen LogP contribution in [0.4, 0.5) is 13.2 Å². The predicted molar refractivity (Wildman–Crippen MR) is 63.6 cm³/mol. The van der Waals surface area contributed by atoms with Crippen molar-refractivity contribution >= 4 is 6.08 Å². The number of rotatable bonds is 4. The van der Waals surface area contributed by atoms with Crippen molar-refractivity contribution in [1.29, 1.82) is 0 Å². The summed E-state index contributed by atoms with van der Waals surface area (Å²) in [5.74, 6) is 0. The zero-order valence-electron chi connectivity index (χ0n) is 9.93. The molecule has 0 amide bonds. The van der Waals surface area contributed by atoms with Gasteiger partial charge in [-0.3, -0.25) is 0 Å². The van der Waals surface area contributed by atoms with Crippen LogP contribution < -0.4 is 5.32 Å². The van der Waals surface area contributed by atoms with Gasteiger partial charge in [-0.25, -0.2) is 0 Å². The summed E-state index contributed by atoms with van der Waals surface area (Å²) in [6.45, 7) is 5.57. The zero-order valence-corrected chi connectivity index (χ0v) is 9.93. The van der Waals surface area contributed by atoms with Gasteiger partial charge in [-0.15, -0.1) is 0 Å². The fraction of sp³-hybridized carbons (Fsp3) is 0.385. The summed E-state index contributed by atoms with van der Waals surface area (Å²) < 4.78 is 37.0. The summed E-state index contributed by atoms with van der Waals surface area (Å²) in [6, 6.07) is 5.18. The molecule has 0 aliphatic rings. The molecule has 4 heteroatoms. The maximum Gasteiger partial charge on any atom is 0.416 e. The van der Waals surface area contributed by atoms with E-state index in [-0.39, 0.29) is 0 Å². The Bertz CT molecular complexity index is 377. The molecule has 0 fully saturated rings. The highest BCUT2D eigenvalue weighted by molar-refractivity contribution is 5.53. The van der Waals surface area contributed by atoms with E-state index in [1.165, 1.54) is 12.1 Å². The van der Waals surface area contributed by atoms with Crippen LogP contribution in [0.25, 0.3) is 6.08 Å².